The van der Waals surface area contributed by atoms with Crippen LogP contribution in [0.2, 0.25) is 0 Å². The lowest BCUT2D eigenvalue weighted by Gasteiger charge is -2.18. The maximum Gasteiger partial charge on any atom is 0.123 e. The highest BCUT2D eigenvalue weighted by Crippen LogP contribution is 2.22. The van der Waals surface area contributed by atoms with Crippen molar-refractivity contribution in [3.05, 3.63) is 64.7 Å². The van der Waals surface area contributed by atoms with Gasteiger partial charge in [0.05, 0.1) is 7.11 Å². The third-order valence-electron chi connectivity index (χ3n) is 3.69. The lowest BCUT2D eigenvalue weighted by molar-refractivity contribution is 0.406. The molecule has 0 aromatic heterocycles. The van der Waals surface area contributed by atoms with Gasteiger partial charge in [0.1, 0.15) is 5.75 Å². The summed E-state index contributed by atoms with van der Waals surface area (Å²) in [5, 5.41) is 3.58. The number of ether oxygens (including phenoxy) is 1. The molecule has 0 heterocycles. The van der Waals surface area contributed by atoms with Gasteiger partial charge < -0.3 is 10.1 Å². The Hall–Kier alpha value is -1.80. The quantitative estimate of drug-likeness (QED) is 0.880. The minimum absolute atomic E-state index is 0.321. The van der Waals surface area contributed by atoms with Crippen molar-refractivity contribution >= 4 is 0 Å². The summed E-state index contributed by atoms with van der Waals surface area (Å²) in [7, 11) is 1.72. The zero-order valence-electron chi connectivity index (χ0n) is 12.7. The number of methoxy groups -OCH3 is 1. The number of nitrogens with one attached hydrogen (secondary N) is 1. The van der Waals surface area contributed by atoms with E-state index in [0.29, 0.717) is 6.04 Å². The van der Waals surface area contributed by atoms with Crippen molar-refractivity contribution in [3.63, 3.8) is 0 Å². The Bertz CT molecular complexity index is 577. The first kappa shape index (κ1) is 14.6. The van der Waals surface area contributed by atoms with Gasteiger partial charge in [-0.05, 0) is 38.0 Å². The lowest BCUT2D eigenvalue weighted by Crippen LogP contribution is -2.19. The van der Waals surface area contributed by atoms with Gasteiger partial charge in [-0.2, -0.15) is 0 Å². The molecule has 106 valence electrons. The Balaban J connectivity index is 2.09. The molecule has 2 rings (SSSR count). The van der Waals surface area contributed by atoms with E-state index in [1.165, 1.54) is 22.3 Å². The van der Waals surface area contributed by atoms with Crippen LogP contribution in [0.4, 0.5) is 0 Å². The van der Waals surface area contributed by atoms with Crippen LogP contribution in [-0.4, -0.2) is 7.11 Å². The highest BCUT2D eigenvalue weighted by atomic mass is 16.5. The Kier molecular flexibility index (Phi) is 4.80. The second-order valence-corrected chi connectivity index (χ2v) is 5.27. The first-order valence-electron chi connectivity index (χ1n) is 7.04. The third kappa shape index (κ3) is 3.40. The molecule has 0 amide bonds. The molecule has 2 aromatic rings. The molecule has 0 fully saturated rings. The number of aryl methyl sites for hydroxylation is 2. The zero-order valence-corrected chi connectivity index (χ0v) is 12.7. The fourth-order valence-corrected chi connectivity index (χ4v) is 2.49. The van der Waals surface area contributed by atoms with Gasteiger partial charge in [-0.1, -0.05) is 42.0 Å². The number of hydrogen-bond acceptors (Lipinski definition) is 2. The monoisotopic (exact) mass is 269 g/mol. The molecule has 1 unspecified atom stereocenters. The minimum Gasteiger partial charge on any atom is -0.496 e. The van der Waals surface area contributed by atoms with Crippen LogP contribution in [0.15, 0.2) is 42.5 Å². The van der Waals surface area contributed by atoms with Gasteiger partial charge in [0.25, 0.3) is 0 Å². The van der Waals surface area contributed by atoms with E-state index in [9.17, 15) is 0 Å². The molecule has 0 bridgehead atoms. The molecule has 0 saturated carbocycles. The van der Waals surface area contributed by atoms with Gasteiger partial charge in [0.15, 0.2) is 0 Å². The SMILES string of the molecule is COc1ccc(C)cc1CNC(C)c1ccccc1C. The molecule has 0 radical (unpaired) electrons. The zero-order chi connectivity index (χ0) is 14.5. The minimum atomic E-state index is 0.321. The van der Waals surface area contributed by atoms with Crippen molar-refractivity contribution in [2.75, 3.05) is 7.11 Å². The molecule has 0 saturated heterocycles. The van der Waals surface area contributed by atoms with E-state index in [0.717, 1.165) is 12.3 Å². The van der Waals surface area contributed by atoms with Crippen LogP contribution in [0, 0.1) is 13.8 Å². The van der Waals surface area contributed by atoms with Crippen molar-refractivity contribution in [1.29, 1.82) is 0 Å². The molecule has 1 atom stereocenters. The number of rotatable bonds is 5. The second-order valence-electron chi connectivity index (χ2n) is 5.27. The van der Waals surface area contributed by atoms with Crippen LogP contribution < -0.4 is 10.1 Å². The van der Waals surface area contributed by atoms with E-state index in [2.05, 4.69) is 62.5 Å². The van der Waals surface area contributed by atoms with Crippen molar-refractivity contribution in [2.45, 2.75) is 33.4 Å². The van der Waals surface area contributed by atoms with Gasteiger partial charge in [0.2, 0.25) is 0 Å². The summed E-state index contributed by atoms with van der Waals surface area (Å²) in [5.41, 5.74) is 5.13. The smallest absolute Gasteiger partial charge is 0.123 e. The Morgan fingerprint density at radius 1 is 1.10 bits per heavy atom. The highest BCUT2D eigenvalue weighted by molar-refractivity contribution is 5.37. The summed E-state index contributed by atoms with van der Waals surface area (Å²) >= 11 is 0. The van der Waals surface area contributed by atoms with Gasteiger partial charge >= 0.3 is 0 Å². The van der Waals surface area contributed by atoms with Crippen molar-refractivity contribution in [3.8, 4) is 5.75 Å². The normalized spacial score (nSPS) is 12.2. The summed E-state index contributed by atoms with van der Waals surface area (Å²) < 4.78 is 5.42. The van der Waals surface area contributed by atoms with Gasteiger partial charge in [-0.15, -0.1) is 0 Å². The molecule has 20 heavy (non-hydrogen) atoms. The average Bonchev–Trinajstić information content (AvgIpc) is 2.45. The predicted octanol–water partition coefficient (Wildman–Crippen LogP) is 4.16. The van der Waals surface area contributed by atoms with Crippen LogP contribution in [0.3, 0.4) is 0 Å². The van der Waals surface area contributed by atoms with E-state index in [-0.39, 0.29) is 0 Å². The van der Waals surface area contributed by atoms with E-state index in [4.69, 9.17) is 4.74 Å². The molecule has 1 N–H and O–H groups in total. The predicted molar refractivity (Wildman–Crippen MR) is 84.2 cm³/mol. The van der Waals surface area contributed by atoms with E-state index in [1.54, 1.807) is 7.11 Å². The topological polar surface area (TPSA) is 21.3 Å². The summed E-state index contributed by atoms with van der Waals surface area (Å²) in [5.74, 6) is 0.945. The van der Waals surface area contributed by atoms with E-state index in [1.807, 2.05) is 6.07 Å². The molecular weight excluding hydrogens is 246 g/mol. The number of hydrogen-bond donors (Lipinski definition) is 1. The molecule has 0 aliphatic rings. The van der Waals surface area contributed by atoms with Crippen LogP contribution >= 0.6 is 0 Å². The molecular formula is C18H23NO. The molecule has 2 heteroatoms. The average molecular weight is 269 g/mol. The van der Waals surface area contributed by atoms with Crippen LogP contribution in [0.25, 0.3) is 0 Å². The largest absolute Gasteiger partial charge is 0.496 e. The van der Waals surface area contributed by atoms with Gasteiger partial charge in [-0.3, -0.25) is 0 Å². The highest BCUT2D eigenvalue weighted by Gasteiger charge is 2.09. The Morgan fingerprint density at radius 3 is 2.55 bits per heavy atom. The first-order chi connectivity index (χ1) is 9.61. The van der Waals surface area contributed by atoms with Crippen LogP contribution in [0.1, 0.15) is 35.2 Å². The molecule has 2 nitrogen and oxygen atoms in total. The summed E-state index contributed by atoms with van der Waals surface area (Å²) in [6.07, 6.45) is 0. The number of benzene rings is 2. The second kappa shape index (κ2) is 6.58. The molecule has 0 aliphatic heterocycles. The van der Waals surface area contributed by atoms with Gasteiger partial charge in [-0.25, -0.2) is 0 Å². The first-order valence-corrected chi connectivity index (χ1v) is 7.04. The van der Waals surface area contributed by atoms with E-state index >= 15 is 0 Å². The molecule has 2 aromatic carbocycles. The fourth-order valence-electron chi connectivity index (χ4n) is 2.49. The Labute approximate surface area is 121 Å². The molecule has 0 spiro atoms. The van der Waals surface area contributed by atoms with Gasteiger partial charge in [0, 0.05) is 18.2 Å². The molecule has 0 aliphatic carbocycles. The Morgan fingerprint density at radius 2 is 1.85 bits per heavy atom. The third-order valence-corrected chi connectivity index (χ3v) is 3.69. The lowest BCUT2D eigenvalue weighted by atomic mass is 10.0. The maximum atomic E-state index is 5.42. The van der Waals surface area contributed by atoms with Crippen LogP contribution in [0.5, 0.6) is 5.75 Å². The van der Waals surface area contributed by atoms with E-state index < -0.39 is 0 Å². The van der Waals surface area contributed by atoms with Crippen molar-refractivity contribution in [1.82, 2.24) is 5.32 Å². The standard InChI is InChI=1S/C18H23NO/c1-13-9-10-18(20-4)16(11-13)12-19-15(3)17-8-6-5-7-14(17)2/h5-11,15,19H,12H2,1-4H3. The summed E-state index contributed by atoms with van der Waals surface area (Å²) in [4.78, 5) is 0. The van der Waals surface area contributed by atoms with Crippen molar-refractivity contribution < 1.29 is 4.74 Å². The summed E-state index contributed by atoms with van der Waals surface area (Å²) in [6.45, 7) is 7.26. The van der Waals surface area contributed by atoms with Crippen LogP contribution in [-0.2, 0) is 6.54 Å². The maximum absolute atomic E-state index is 5.42. The fraction of sp³-hybridized carbons (Fsp3) is 0.333. The summed E-state index contributed by atoms with van der Waals surface area (Å²) in [6, 6.07) is 15.1. The van der Waals surface area contributed by atoms with Crippen molar-refractivity contribution in [2.24, 2.45) is 0 Å².